The molecule has 0 bridgehead atoms. The zero-order chi connectivity index (χ0) is 19.2. The predicted octanol–water partition coefficient (Wildman–Crippen LogP) is 2.83. The number of hydrazone groups is 1. The number of aryl methyl sites for hydroxylation is 1. The highest BCUT2D eigenvalue weighted by Crippen LogP contribution is 2.23. The zero-order valence-electron chi connectivity index (χ0n) is 15.3. The van der Waals surface area contributed by atoms with Crippen LogP contribution in [0.5, 0.6) is 11.5 Å². The summed E-state index contributed by atoms with van der Waals surface area (Å²) in [7, 11) is 5.09. The smallest absolute Gasteiger partial charge is 0.250 e. The summed E-state index contributed by atoms with van der Waals surface area (Å²) in [5.74, 6) is 1.30. The van der Waals surface area contributed by atoms with Crippen LogP contribution in [0.1, 0.15) is 5.56 Å². The second kappa shape index (κ2) is 8.59. The van der Waals surface area contributed by atoms with Crippen molar-refractivity contribution in [2.24, 2.45) is 12.1 Å². The molecule has 0 aliphatic heterocycles. The van der Waals surface area contributed by atoms with Crippen molar-refractivity contribution in [3.63, 3.8) is 0 Å². The molecule has 0 atom stereocenters. The molecule has 1 aromatic heterocycles. The van der Waals surface area contributed by atoms with Crippen LogP contribution in [-0.2, 0) is 11.8 Å². The second-order valence-corrected chi connectivity index (χ2v) is 6.57. The van der Waals surface area contributed by atoms with E-state index in [9.17, 15) is 4.79 Å². The Kier molecular flexibility index (Phi) is 5.97. The van der Waals surface area contributed by atoms with Crippen molar-refractivity contribution in [1.82, 2.24) is 15.0 Å². The van der Waals surface area contributed by atoms with Crippen LogP contribution in [-0.4, -0.2) is 41.6 Å². The minimum atomic E-state index is -0.212. The van der Waals surface area contributed by atoms with Gasteiger partial charge in [-0.25, -0.2) is 10.4 Å². The molecule has 0 spiro atoms. The molecule has 1 amide bonds. The number of amides is 1. The second-order valence-electron chi connectivity index (χ2n) is 5.63. The van der Waals surface area contributed by atoms with Crippen molar-refractivity contribution in [3.8, 4) is 11.5 Å². The minimum Gasteiger partial charge on any atom is -0.497 e. The number of methoxy groups -OCH3 is 2. The Bertz CT molecular complexity index is 984. The molecule has 27 heavy (non-hydrogen) atoms. The van der Waals surface area contributed by atoms with Gasteiger partial charge in [0.2, 0.25) is 0 Å². The van der Waals surface area contributed by atoms with E-state index < -0.39 is 0 Å². The molecule has 8 heteroatoms. The van der Waals surface area contributed by atoms with E-state index in [1.54, 1.807) is 26.4 Å². The van der Waals surface area contributed by atoms with Crippen molar-refractivity contribution >= 4 is 34.9 Å². The van der Waals surface area contributed by atoms with Gasteiger partial charge >= 0.3 is 0 Å². The Morgan fingerprint density at radius 1 is 1.26 bits per heavy atom. The molecule has 1 N–H and O–H groups in total. The number of carbonyl (C=O) groups excluding carboxylic acids is 1. The van der Waals surface area contributed by atoms with Gasteiger partial charge in [0.05, 0.1) is 37.2 Å². The molecule has 2 aromatic carbocycles. The summed E-state index contributed by atoms with van der Waals surface area (Å²) < 4.78 is 12.4. The maximum absolute atomic E-state index is 12.1. The van der Waals surface area contributed by atoms with Gasteiger partial charge in [-0.15, -0.1) is 0 Å². The number of para-hydroxylation sites is 2. The van der Waals surface area contributed by atoms with E-state index in [1.165, 1.54) is 18.0 Å². The van der Waals surface area contributed by atoms with E-state index in [2.05, 4.69) is 15.5 Å². The Morgan fingerprint density at radius 2 is 2.07 bits per heavy atom. The predicted molar refractivity (Wildman–Crippen MR) is 107 cm³/mol. The number of nitrogens with zero attached hydrogens (tertiary/aromatic N) is 3. The topological polar surface area (TPSA) is 77.7 Å². The molecule has 7 nitrogen and oxygen atoms in total. The average Bonchev–Trinajstić information content (AvgIpc) is 3.02. The van der Waals surface area contributed by atoms with E-state index in [4.69, 9.17) is 9.47 Å². The molecule has 3 rings (SSSR count). The van der Waals surface area contributed by atoms with Gasteiger partial charge < -0.3 is 14.0 Å². The van der Waals surface area contributed by atoms with E-state index >= 15 is 0 Å². The average molecular weight is 384 g/mol. The summed E-state index contributed by atoms with van der Waals surface area (Å²) in [6.45, 7) is 0. The Hall–Kier alpha value is -3.00. The van der Waals surface area contributed by atoms with Crippen LogP contribution >= 0.6 is 11.8 Å². The highest BCUT2D eigenvalue weighted by Gasteiger charge is 2.10. The number of ether oxygens (including phenoxy) is 2. The number of aromatic nitrogens is 2. The molecule has 1 heterocycles. The fraction of sp³-hybridized carbons (Fsp3) is 0.211. The van der Waals surface area contributed by atoms with Gasteiger partial charge in [-0.2, -0.15) is 5.10 Å². The molecule has 0 saturated heterocycles. The molecule has 0 radical (unpaired) electrons. The highest BCUT2D eigenvalue weighted by molar-refractivity contribution is 7.99. The molecule has 140 valence electrons. The summed E-state index contributed by atoms with van der Waals surface area (Å²) in [6, 6.07) is 13.2. The third-order valence-corrected chi connectivity index (χ3v) is 4.94. The number of hydrogen-bond acceptors (Lipinski definition) is 6. The maximum atomic E-state index is 12.1. The highest BCUT2D eigenvalue weighted by atomic mass is 32.2. The Balaban J connectivity index is 1.58. The van der Waals surface area contributed by atoms with Crippen molar-refractivity contribution in [3.05, 3.63) is 48.0 Å². The zero-order valence-corrected chi connectivity index (χ0v) is 16.1. The van der Waals surface area contributed by atoms with Gasteiger partial charge in [0.1, 0.15) is 11.5 Å². The standard InChI is InChI=1S/C19H20N4O3S/c1-23-16-7-5-4-6-15(16)21-19(23)27-12-18(24)22-20-11-13-8-9-14(25-2)10-17(13)26-3/h4-11H,12H2,1-3H3,(H,22,24). The molecule has 0 aliphatic carbocycles. The van der Waals surface area contributed by atoms with Crippen molar-refractivity contribution in [2.75, 3.05) is 20.0 Å². The minimum absolute atomic E-state index is 0.212. The Morgan fingerprint density at radius 3 is 2.81 bits per heavy atom. The van der Waals surface area contributed by atoms with Crippen LogP contribution in [0.4, 0.5) is 0 Å². The van der Waals surface area contributed by atoms with Gasteiger partial charge in [-0.3, -0.25) is 4.79 Å². The van der Waals surface area contributed by atoms with E-state index in [-0.39, 0.29) is 11.7 Å². The van der Waals surface area contributed by atoms with Crippen molar-refractivity contribution in [2.45, 2.75) is 5.16 Å². The summed E-state index contributed by atoms with van der Waals surface area (Å²) in [5.41, 5.74) is 5.20. The Labute approximate surface area is 161 Å². The lowest BCUT2D eigenvalue weighted by Crippen LogP contribution is -2.20. The first-order valence-corrected chi connectivity index (χ1v) is 9.19. The third-order valence-electron chi connectivity index (χ3n) is 3.91. The van der Waals surface area contributed by atoms with Crippen LogP contribution in [0.2, 0.25) is 0 Å². The van der Waals surface area contributed by atoms with Crippen LogP contribution in [0.3, 0.4) is 0 Å². The van der Waals surface area contributed by atoms with Gasteiger partial charge in [-0.1, -0.05) is 23.9 Å². The quantitative estimate of drug-likeness (QED) is 0.385. The van der Waals surface area contributed by atoms with Gasteiger partial charge in [-0.05, 0) is 24.3 Å². The van der Waals surface area contributed by atoms with Crippen LogP contribution in [0, 0.1) is 0 Å². The molecule has 0 aliphatic rings. The summed E-state index contributed by atoms with van der Waals surface area (Å²) in [4.78, 5) is 16.6. The number of benzene rings is 2. The lowest BCUT2D eigenvalue weighted by atomic mass is 10.2. The van der Waals surface area contributed by atoms with Crippen LogP contribution in [0.25, 0.3) is 11.0 Å². The number of rotatable bonds is 7. The SMILES string of the molecule is COc1ccc(C=NNC(=O)CSc2nc3ccccc3n2C)c(OC)c1. The molecule has 3 aromatic rings. The fourth-order valence-electron chi connectivity index (χ4n) is 2.51. The summed E-state index contributed by atoms with van der Waals surface area (Å²) in [5, 5.41) is 4.78. The first-order chi connectivity index (χ1) is 13.1. The molecule has 0 unspecified atom stereocenters. The first kappa shape index (κ1) is 18.8. The number of nitrogens with one attached hydrogen (secondary N) is 1. The third kappa shape index (κ3) is 4.40. The number of thioether (sulfide) groups is 1. The molecular formula is C19H20N4O3S. The van der Waals surface area contributed by atoms with E-state index in [0.29, 0.717) is 11.5 Å². The summed E-state index contributed by atoms with van der Waals surface area (Å²) in [6.07, 6.45) is 1.54. The summed E-state index contributed by atoms with van der Waals surface area (Å²) >= 11 is 1.36. The monoisotopic (exact) mass is 384 g/mol. The first-order valence-electron chi connectivity index (χ1n) is 8.20. The number of hydrogen-bond donors (Lipinski definition) is 1. The number of imidazole rings is 1. The lowest BCUT2D eigenvalue weighted by Gasteiger charge is -2.07. The maximum Gasteiger partial charge on any atom is 0.250 e. The van der Waals surface area contributed by atoms with Crippen LogP contribution in [0.15, 0.2) is 52.7 Å². The fourth-order valence-corrected chi connectivity index (χ4v) is 3.29. The van der Waals surface area contributed by atoms with Crippen LogP contribution < -0.4 is 14.9 Å². The van der Waals surface area contributed by atoms with Gasteiger partial charge in [0, 0.05) is 18.7 Å². The van der Waals surface area contributed by atoms with E-state index in [0.717, 1.165) is 21.8 Å². The van der Waals surface area contributed by atoms with Gasteiger partial charge in [0.25, 0.3) is 5.91 Å². The molecule has 0 fully saturated rings. The largest absolute Gasteiger partial charge is 0.497 e. The number of carbonyl (C=O) groups is 1. The normalized spacial score (nSPS) is 11.1. The van der Waals surface area contributed by atoms with Crippen molar-refractivity contribution < 1.29 is 14.3 Å². The number of fused-ring (bicyclic) bond motifs is 1. The van der Waals surface area contributed by atoms with E-state index in [1.807, 2.05) is 41.9 Å². The lowest BCUT2D eigenvalue weighted by molar-refractivity contribution is -0.118. The van der Waals surface area contributed by atoms with Crippen molar-refractivity contribution in [1.29, 1.82) is 0 Å². The molecular weight excluding hydrogens is 364 g/mol. The molecule has 0 saturated carbocycles. The van der Waals surface area contributed by atoms with Gasteiger partial charge in [0.15, 0.2) is 5.16 Å².